The van der Waals surface area contributed by atoms with E-state index in [1.807, 2.05) is 20.8 Å². The Morgan fingerprint density at radius 3 is 1.07 bits per heavy atom. The predicted octanol–water partition coefficient (Wildman–Crippen LogP) is 6.22. The van der Waals surface area contributed by atoms with Crippen LogP contribution in [0.2, 0.25) is 0 Å². The molecule has 3 aromatic rings. The van der Waals surface area contributed by atoms with Crippen molar-refractivity contribution in [2.45, 2.75) is 64.3 Å². The third kappa shape index (κ3) is 10.0. The van der Waals surface area contributed by atoms with Gasteiger partial charge in [0.1, 0.15) is 29.8 Å². The topological polar surface area (TPSA) is 183 Å². The van der Waals surface area contributed by atoms with Gasteiger partial charge in [0, 0.05) is 24.3 Å². The average Bonchev–Trinajstić information content (AvgIpc) is 4.11. The van der Waals surface area contributed by atoms with Gasteiger partial charge >= 0.3 is 23.9 Å². The summed E-state index contributed by atoms with van der Waals surface area (Å²) in [4.78, 5) is 54.2. The Morgan fingerprint density at radius 2 is 0.800 bits per heavy atom. The Bertz CT molecular complexity index is 2110. The highest BCUT2D eigenvalue weighted by atomic mass is 16.6. The Balaban J connectivity index is 1.65. The third-order valence-corrected chi connectivity index (χ3v) is 8.52. The summed E-state index contributed by atoms with van der Waals surface area (Å²) in [6, 6.07) is 11.0. The first-order valence-corrected chi connectivity index (χ1v) is 17.4. The van der Waals surface area contributed by atoms with Crippen LogP contribution in [-0.4, -0.2) is 70.7 Å². The van der Waals surface area contributed by atoms with Gasteiger partial charge in [0.2, 0.25) is 0 Å². The molecule has 3 aromatic carbocycles. The second-order valence-corrected chi connectivity index (χ2v) is 12.7. The summed E-state index contributed by atoms with van der Waals surface area (Å²) in [5.41, 5.74) is 0.0401. The summed E-state index contributed by atoms with van der Waals surface area (Å²) >= 11 is 0. The van der Waals surface area contributed by atoms with E-state index in [4.69, 9.17) is 33.2 Å². The quantitative estimate of drug-likeness (QED) is 0.0624. The molecule has 3 fully saturated rings. The molecule has 0 aromatic heterocycles. The van der Waals surface area contributed by atoms with Gasteiger partial charge in [0.05, 0.1) is 29.4 Å². The maximum atomic E-state index is 13.6. The molecule has 13 nitrogen and oxygen atoms in total. The van der Waals surface area contributed by atoms with Crippen molar-refractivity contribution in [2.75, 3.05) is 0 Å². The van der Waals surface area contributed by atoms with E-state index in [0.29, 0.717) is 0 Å². The number of hydrogen-bond donors (Lipinski definition) is 2. The van der Waals surface area contributed by atoms with Crippen LogP contribution >= 0.6 is 0 Å². The summed E-state index contributed by atoms with van der Waals surface area (Å²) in [5, 5.41) is 20.4. The maximum Gasteiger partial charge on any atom is 0.336 e. The van der Waals surface area contributed by atoms with E-state index < -0.39 is 46.9 Å². The Labute approximate surface area is 316 Å². The molecule has 3 aliphatic rings. The summed E-state index contributed by atoms with van der Waals surface area (Å²) in [5.74, 6) is -5.62. The lowest BCUT2D eigenvalue weighted by Crippen LogP contribution is -2.16. The zero-order valence-corrected chi connectivity index (χ0v) is 30.2. The zero-order chi connectivity index (χ0) is 39.2. The largest absolute Gasteiger partial charge is 0.508 e. The van der Waals surface area contributed by atoms with E-state index in [1.165, 1.54) is 72.8 Å². The van der Waals surface area contributed by atoms with Gasteiger partial charge in [-0.3, -0.25) is 0 Å². The van der Waals surface area contributed by atoms with Crippen LogP contribution in [0.1, 0.15) is 27.7 Å². The van der Waals surface area contributed by atoms with Gasteiger partial charge in [-0.1, -0.05) is 42.5 Å². The van der Waals surface area contributed by atoms with Crippen molar-refractivity contribution in [3.8, 4) is 56.8 Å². The molecule has 0 spiro atoms. The molecule has 0 saturated carbocycles. The summed E-state index contributed by atoms with van der Waals surface area (Å²) < 4.78 is 40.1. The highest BCUT2D eigenvalue weighted by Gasteiger charge is 2.37. The standard InChI is InChI=1S/C42H38O13/c1-5-6-7-8-33(45)52-39-37(26-9-13-28(43)14-10-26)41(54-35(47)21-18-31-24(3)50-31)42(55-36(48)22-19-32-25(4)51-32)38(27-11-15-29(44)16-12-27)40(39)53-34(46)20-17-30-23(2)49-30/h5-25,30-32,43-44H,1-4H3/b6-5+,8-7-,20-17-,21-18-,22-19-/t23-,24-,25-,30+,31+,32+/m0/s1. The van der Waals surface area contributed by atoms with Crippen LogP contribution < -0.4 is 18.9 Å². The van der Waals surface area contributed by atoms with Crippen molar-refractivity contribution >= 4 is 23.9 Å². The number of phenols is 2. The smallest absolute Gasteiger partial charge is 0.336 e. The molecule has 0 radical (unpaired) electrons. The maximum absolute atomic E-state index is 13.6. The summed E-state index contributed by atoms with van der Waals surface area (Å²) in [7, 11) is 0. The van der Waals surface area contributed by atoms with Crippen molar-refractivity contribution in [1.29, 1.82) is 0 Å². The van der Waals surface area contributed by atoms with Crippen molar-refractivity contribution in [1.82, 2.24) is 0 Å². The van der Waals surface area contributed by atoms with Crippen LogP contribution in [0.15, 0.2) is 109 Å². The molecule has 2 N–H and O–H groups in total. The van der Waals surface area contributed by atoms with Crippen LogP contribution in [0.25, 0.3) is 22.3 Å². The molecule has 6 rings (SSSR count). The molecule has 284 valence electrons. The number of benzene rings is 3. The van der Waals surface area contributed by atoms with Crippen molar-refractivity contribution < 1.29 is 62.5 Å². The summed E-state index contributed by atoms with van der Waals surface area (Å²) in [6.07, 6.45) is 12.4. The predicted molar refractivity (Wildman–Crippen MR) is 198 cm³/mol. The molecule has 13 heteroatoms. The minimum Gasteiger partial charge on any atom is -0.508 e. The highest BCUT2D eigenvalue weighted by Crippen LogP contribution is 2.57. The molecule has 0 aliphatic carbocycles. The van der Waals surface area contributed by atoms with Gasteiger partial charge in [-0.05, 0) is 81.3 Å². The number of allylic oxidation sites excluding steroid dienone is 3. The van der Waals surface area contributed by atoms with E-state index in [1.54, 1.807) is 19.1 Å². The van der Waals surface area contributed by atoms with Crippen molar-refractivity contribution in [2.24, 2.45) is 0 Å². The van der Waals surface area contributed by atoms with Crippen LogP contribution in [0, 0.1) is 0 Å². The fraction of sp³-hybridized carbons (Fsp3) is 0.238. The number of aromatic hydroxyl groups is 2. The Hall–Kier alpha value is -6.28. The Morgan fingerprint density at radius 1 is 0.509 bits per heavy atom. The fourth-order valence-corrected chi connectivity index (χ4v) is 5.35. The molecule has 3 saturated heterocycles. The van der Waals surface area contributed by atoms with E-state index in [0.717, 1.165) is 24.3 Å². The molecular formula is C42H38O13. The molecule has 3 heterocycles. The van der Waals surface area contributed by atoms with Gasteiger partial charge in [-0.2, -0.15) is 0 Å². The van der Waals surface area contributed by atoms with Crippen LogP contribution in [0.5, 0.6) is 34.5 Å². The minimum atomic E-state index is -0.927. The highest BCUT2D eigenvalue weighted by molar-refractivity contribution is 6.01. The Kier molecular flexibility index (Phi) is 11.7. The zero-order valence-electron chi connectivity index (χ0n) is 30.2. The number of carbonyl (C=O) groups is 4. The fourth-order valence-electron chi connectivity index (χ4n) is 5.35. The molecule has 0 amide bonds. The van der Waals surface area contributed by atoms with E-state index in [2.05, 4.69) is 0 Å². The SMILES string of the molecule is C/C=C/C=C\C(=O)Oc1c(OC(=O)/C=C\[C@H]2O[C@H]2C)c(-c2ccc(O)cc2)c(OC(=O)/C=C\[C@H]2O[C@H]2C)c(OC(=O)/C=C\[C@H]2O[C@H]2C)c1-c1ccc(O)cc1. The third-order valence-electron chi connectivity index (χ3n) is 8.52. The van der Waals surface area contributed by atoms with E-state index in [-0.39, 0.29) is 70.4 Å². The number of hydrogen-bond acceptors (Lipinski definition) is 13. The molecule has 6 atom stereocenters. The number of carbonyl (C=O) groups excluding carboxylic acids is 4. The number of phenolic OH excluding ortho intramolecular Hbond substituents is 2. The average molecular weight is 751 g/mol. The normalized spacial score (nSPS) is 22.8. The molecule has 0 unspecified atom stereocenters. The van der Waals surface area contributed by atoms with E-state index >= 15 is 0 Å². The first kappa shape index (κ1) is 38.4. The second-order valence-electron chi connectivity index (χ2n) is 12.7. The number of epoxide rings is 3. The lowest BCUT2D eigenvalue weighted by molar-refractivity contribution is -0.132. The van der Waals surface area contributed by atoms with Crippen LogP contribution in [0.3, 0.4) is 0 Å². The molecule has 3 aliphatic heterocycles. The number of ether oxygens (including phenoxy) is 7. The van der Waals surface area contributed by atoms with Gasteiger partial charge in [-0.25, -0.2) is 19.2 Å². The van der Waals surface area contributed by atoms with Crippen LogP contribution in [0.4, 0.5) is 0 Å². The first-order valence-electron chi connectivity index (χ1n) is 17.4. The second kappa shape index (κ2) is 16.8. The molecule has 0 bridgehead atoms. The number of esters is 4. The molecule has 55 heavy (non-hydrogen) atoms. The van der Waals surface area contributed by atoms with E-state index in [9.17, 15) is 29.4 Å². The van der Waals surface area contributed by atoms with Gasteiger partial charge in [0.15, 0.2) is 23.0 Å². The van der Waals surface area contributed by atoms with Gasteiger partial charge in [0.25, 0.3) is 0 Å². The summed E-state index contributed by atoms with van der Waals surface area (Å²) in [6.45, 7) is 7.22. The van der Waals surface area contributed by atoms with Gasteiger partial charge in [-0.15, -0.1) is 0 Å². The van der Waals surface area contributed by atoms with Crippen molar-refractivity contribution in [3.63, 3.8) is 0 Å². The molecular weight excluding hydrogens is 712 g/mol. The first-order chi connectivity index (χ1) is 26.4. The monoisotopic (exact) mass is 750 g/mol. The lowest BCUT2D eigenvalue weighted by Gasteiger charge is -2.24. The van der Waals surface area contributed by atoms with Crippen molar-refractivity contribution in [3.05, 3.63) is 109 Å². The minimum absolute atomic E-state index is 0.112. The number of rotatable bonds is 14. The van der Waals surface area contributed by atoms with Crippen LogP contribution in [-0.2, 0) is 33.4 Å². The lowest BCUT2D eigenvalue weighted by atomic mass is 9.94. The van der Waals surface area contributed by atoms with Gasteiger partial charge < -0.3 is 43.4 Å².